The van der Waals surface area contributed by atoms with Crippen molar-refractivity contribution in [2.24, 2.45) is 0 Å². The van der Waals surface area contributed by atoms with Gasteiger partial charge in [-0.25, -0.2) is 0 Å². The minimum atomic E-state index is -6.30. The van der Waals surface area contributed by atoms with E-state index in [1.165, 1.54) is 12.1 Å². The fourth-order valence-electron chi connectivity index (χ4n) is 2.89. The monoisotopic (exact) mass is 456 g/mol. The Bertz CT molecular complexity index is 1170. The number of benzene rings is 3. The Hall–Kier alpha value is -2.69. The molecule has 0 saturated heterocycles. The van der Waals surface area contributed by atoms with Crippen LogP contribution in [0.4, 0.5) is 13.2 Å². The second-order valence-corrected chi connectivity index (χ2v) is 9.54. The van der Waals surface area contributed by atoms with Crippen molar-refractivity contribution in [3.63, 3.8) is 0 Å². The highest BCUT2D eigenvalue weighted by molar-refractivity contribution is 8.00. The second-order valence-electron chi connectivity index (χ2n) is 6.25. The zero-order chi connectivity index (χ0) is 22.0. The standard InChI is InChI=1S/C20H15F3O5S2/c21-20(22,23)30(26,27)28-29(24,25)18-13-11-17(12-14-18)19(15-7-3-1-4-8-15)16-9-5-2-6-10-16/h1-14,19H. The Labute approximate surface area is 172 Å². The number of hydrogen-bond donors (Lipinski definition) is 0. The molecule has 0 aliphatic rings. The number of halogens is 3. The number of alkyl halides is 3. The van der Waals surface area contributed by atoms with Crippen molar-refractivity contribution in [3.8, 4) is 0 Å². The van der Waals surface area contributed by atoms with Crippen LogP contribution in [0.2, 0.25) is 0 Å². The molecule has 10 heteroatoms. The molecule has 0 spiro atoms. The zero-order valence-electron chi connectivity index (χ0n) is 15.2. The van der Waals surface area contributed by atoms with Crippen LogP contribution in [0.15, 0.2) is 89.8 Å². The third-order valence-electron chi connectivity index (χ3n) is 4.23. The minimum Gasteiger partial charge on any atom is -0.193 e. The van der Waals surface area contributed by atoms with E-state index in [4.69, 9.17) is 0 Å². The lowest BCUT2D eigenvalue weighted by molar-refractivity contribution is -0.0498. The molecular weight excluding hydrogens is 441 g/mol. The highest BCUT2D eigenvalue weighted by atomic mass is 32.3. The highest BCUT2D eigenvalue weighted by Crippen LogP contribution is 2.33. The molecule has 0 bridgehead atoms. The molecule has 3 rings (SSSR count). The van der Waals surface area contributed by atoms with Crippen LogP contribution in [0.3, 0.4) is 0 Å². The molecule has 0 radical (unpaired) electrons. The zero-order valence-corrected chi connectivity index (χ0v) is 16.8. The van der Waals surface area contributed by atoms with Crippen molar-refractivity contribution in [3.05, 3.63) is 102 Å². The van der Waals surface area contributed by atoms with Crippen molar-refractivity contribution in [2.45, 2.75) is 16.3 Å². The summed E-state index contributed by atoms with van der Waals surface area (Å²) in [7, 11) is -11.5. The topological polar surface area (TPSA) is 77.5 Å². The maximum Gasteiger partial charge on any atom is 0.524 e. The largest absolute Gasteiger partial charge is 0.524 e. The molecule has 158 valence electrons. The quantitative estimate of drug-likeness (QED) is 0.405. The molecule has 30 heavy (non-hydrogen) atoms. The fourth-order valence-corrected chi connectivity index (χ4v) is 4.93. The summed E-state index contributed by atoms with van der Waals surface area (Å²) < 4.78 is 87.0. The molecule has 0 unspecified atom stereocenters. The molecule has 0 N–H and O–H groups in total. The third-order valence-corrected chi connectivity index (χ3v) is 7.08. The van der Waals surface area contributed by atoms with Crippen molar-refractivity contribution in [1.29, 1.82) is 0 Å². The molecule has 0 amide bonds. The first kappa shape index (κ1) is 22.0. The van der Waals surface area contributed by atoms with Crippen LogP contribution in [-0.2, 0) is 23.9 Å². The molecule has 5 nitrogen and oxygen atoms in total. The molecule has 0 aliphatic heterocycles. The molecule has 0 aromatic heterocycles. The molecule has 0 fully saturated rings. The van der Waals surface area contributed by atoms with Gasteiger partial charge in [-0.05, 0) is 28.8 Å². The summed E-state index contributed by atoms with van der Waals surface area (Å²) in [5, 5.41) is 0. The van der Waals surface area contributed by atoms with E-state index < -0.39 is 30.6 Å². The third kappa shape index (κ3) is 4.72. The minimum absolute atomic E-state index is 0.274. The lowest BCUT2D eigenvalue weighted by atomic mass is 9.85. The van der Waals surface area contributed by atoms with Crippen molar-refractivity contribution < 1.29 is 33.6 Å². The van der Waals surface area contributed by atoms with Crippen LogP contribution in [0, 0.1) is 0 Å². The maximum atomic E-state index is 12.4. The van der Waals surface area contributed by atoms with Crippen LogP contribution in [0.1, 0.15) is 22.6 Å². The Kier molecular flexibility index (Phi) is 6.02. The van der Waals surface area contributed by atoms with Crippen LogP contribution in [-0.4, -0.2) is 22.3 Å². The summed E-state index contributed by atoms with van der Waals surface area (Å²) in [5.41, 5.74) is -3.37. The van der Waals surface area contributed by atoms with Gasteiger partial charge >= 0.3 is 25.7 Å². The van der Waals surface area contributed by atoms with E-state index in [-0.39, 0.29) is 5.92 Å². The predicted molar refractivity (Wildman–Crippen MR) is 104 cm³/mol. The Morgan fingerprint density at radius 1 is 0.633 bits per heavy atom. The van der Waals surface area contributed by atoms with Gasteiger partial charge in [0.25, 0.3) is 0 Å². The van der Waals surface area contributed by atoms with E-state index in [1.54, 1.807) is 0 Å². The molecule has 0 saturated carbocycles. The molecule has 0 aliphatic carbocycles. The van der Waals surface area contributed by atoms with E-state index in [0.717, 1.165) is 23.3 Å². The van der Waals surface area contributed by atoms with E-state index in [9.17, 15) is 30.0 Å². The van der Waals surface area contributed by atoms with E-state index >= 15 is 0 Å². The molecule has 3 aromatic rings. The Morgan fingerprint density at radius 2 is 1.03 bits per heavy atom. The molecule has 0 heterocycles. The van der Waals surface area contributed by atoms with Gasteiger partial charge in [-0.15, -0.1) is 3.63 Å². The van der Waals surface area contributed by atoms with E-state index in [1.807, 2.05) is 60.7 Å². The average molecular weight is 456 g/mol. The predicted octanol–water partition coefficient (Wildman–Crippen LogP) is 4.42. The maximum absolute atomic E-state index is 12.4. The van der Waals surface area contributed by atoms with Crippen LogP contribution >= 0.6 is 0 Å². The van der Waals surface area contributed by atoms with Crippen LogP contribution in [0.5, 0.6) is 0 Å². The van der Waals surface area contributed by atoms with Gasteiger partial charge in [0.15, 0.2) is 0 Å². The van der Waals surface area contributed by atoms with E-state index in [2.05, 4.69) is 3.63 Å². The Balaban J connectivity index is 1.99. The number of hydrogen-bond acceptors (Lipinski definition) is 5. The van der Waals surface area contributed by atoms with Crippen LogP contribution < -0.4 is 0 Å². The summed E-state index contributed by atoms with van der Waals surface area (Å²) in [5.74, 6) is -0.274. The average Bonchev–Trinajstić information content (AvgIpc) is 2.69. The van der Waals surface area contributed by atoms with Gasteiger partial charge in [-0.3, -0.25) is 0 Å². The van der Waals surface area contributed by atoms with Gasteiger partial charge in [0.1, 0.15) is 0 Å². The smallest absolute Gasteiger partial charge is 0.193 e. The van der Waals surface area contributed by atoms with Gasteiger partial charge in [-0.2, -0.15) is 30.0 Å². The summed E-state index contributed by atoms with van der Waals surface area (Å²) in [6, 6.07) is 23.5. The lowest BCUT2D eigenvalue weighted by Crippen LogP contribution is -2.28. The van der Waals surface area contributed by atoms with Crippen molar-refractivity contribution in [1.82, 2.24) is 0 Å². The molecule has 0 atom stereocenters. The summed E-state index contributed by atoms with van der Waals surface area (Å²) in [4.78, 5) is -0.709. The van der Waals surface area contributed by atoms with Gasteiger partial charge in [0, 0.05) is 5.92 Å². The summed E-state index contributed by atoms with van der Waals surface area (Å²) in [6.45, 7) is 0. The highest BCUT2D eigenvalue weighted by Gasteiger charge is 2.50. The number of rotatable bonds is 6. The Morgan fingerprint density at radius 3 is 1.43 bits per heavy atom. The van der Waals surface area contributed by atoms with E-state index in [0.29, 0.717) is 5.56 Å². The first-order valence-electron chi connectivity index (χ1n) is 8.48. The lowest BCUT2D eigenvalue weighted by Gasteiger charge is -2.19. The normalized spacial score (nSPS) is 12.8. The van der Waals surface area contributed by atoms with Crippen molar-refractivity contribution in [2.75, 3.05) is 0 Å². The second kappa shape index (κ2) is 8.21. The summed E-state index contributed by atoms with van der Waals surface area (Å²) in [6.07, 6.45) is 0. The first-order valence-corrected chi connectivity index (χ1v) is 11.3. The van der Waals surface area contributed by atoms with Gasteiger partial charge in [0.05, 0.1) is 4.90 Å². The van der Waals surface area contributed by atoms with Gasteiger partial charge in [-0.1, -0.05) is 72.8 Å². The molecular formula is C20H15F3O5S2. The van der Waals surface area contributed by atoms with Crippen molar-refractivity contribution >= 4 is 20.2 Å². The van der Waals surface area contributed by atoms with Gasteiger partial charge < -0.3 is 0 Å². The summed E-state index contributed by atoms with van der Waals surface area (Å²) >= 11 is 0. The fraction of sp³-hybridized carbons (Fsp3) is 0.100. The first-order chi connectivity index (χ1) is 14.0. The molecule has 3 aromatic carbocycles. The van der Waals surface area contributed by atoms with Crippen LogP contribution in [0.25, 0.3) is 0 Å². The van der Waals surface area contributed by atoms with Gasteiger partial charge in [0.2, 0.25) is 0 Å². The SMILES string of the molecule is O=S(=O)(OS(=O)(=O)C(F)(F)F)c1ccc(C(c2ccccc2)c2ccccc2)cc1.